The molecular weight excluding hydrogens is 290 g/mol. The van der Waals surface area contributed by atoms with Crippen LogP contribution in [0, 0.1) is 0 Å². The monoisotopic (exact) mass is 303 g/mol. The van der Waals surface area contributed by atoms with Crippen LogP contribution in [0.25, 0.3) is 0 Å². The van der Waals surface area contributed by atoms with Gasteiger partial charge in [0.25, 0.3) is 0 Å². The summed E-state index contributed by atoms with van der Waals surface area (Å²) in [6.07, 6.45) is 4.83. The summed E-state index contributed by atoms with van der Waals surface area (Å²) in [4.78, 5) is 16.1. The number of pyridine rings is 1. The molecule has 1 aromatic rings. The van der Waals surface area contributed by atoms with Crippen LogP contribution in [0.5, 0.6) is 0 Å². The molecule has 0 aromatic carbocycles. The predicted molar refractivity (Wildman–Crippen MR) is 68.7 cm³/mol. The van der Waals surface area contributed by atoms with Gasteiger partial charge in [-0.05, 0) is 35.3 Å². The van der Waals surface area contributed by atoms with Crippen molar-refractivity contribution in [3.8, 4) is 0 Å². The fourth-order valence-electron chi connectivity index (χ4n) is 1.37. The molecule has 0 saturated heterocycles. The van der Waals surface area contributed by atoms with Crippen molar-refractivity contribution in [1.82, 2.24) is 4.98 Å². The number of hydrogen-bond acceptors (Lipinski definition) is 3. The number of aliphatic carboxylic acids is 1. The Morgan fingerprint density at radius 2 is 2.38 bits per heavy atom. The summed E-state index contributed by atoms with van der Waals surface area (Å²) in [7, 11) is 0. The zero-order chi connectivity index (χ0) is 12.2. The summed E-state index contributed by atoms with van der Waals surface area (Å²) in [6.45, 7) is 3.75. The van der Waals surface area contributed by atoms with Gasteiger partial charge >= 0.3 is 5.97 Å². The Balaban J connectivity index is 2.92. The van der Waals surface area contributed by atoms with Gasteiger partial charge < -0.3 is 5.11 Å². The van der Waals surface area contributed by atoms with Crippen LogP contribution in [0.3, 0.4) is 0 Å². The Morgan fingerprint density at radius 3 is 2.88 bits per heavy atom. The van der Waals surface area contributed by atoms with E-state index in [9.17, 15) is 9.90 Å². The number of aromatic nitrogens is 1. The second-order valence-electron chi connectivity index (χ2n) is 3.69. The van der Waals surface area contributed by atoms with Crippen molar-refractivity contribution in [2.45, 2.75) is 36.3 Å². The van der Waals surface area contributed by atoms with E-state index in [1.165, 1.54) is 11.8 Å². The first-order chi connectivity index (χ1) is 7.49. The maximum absolute atomic E-state index is 11.3. The number of carboxylic acids is 1. The molecule has 16 heavy (non-hydrogen) atoms. The van der Waals surface area contributed by atoms with Gasteiger partial charge in [0.15, 0.2) is 0 Å². The van der Waals surface area contributed by atoms with E-state index in [0.717, 1.165) is 15.8 Å². The van der Waals surface area contributed by atoms with E-state index in [0.29, 0.717) is 6.42 Å². The van der Waals surface area contributed by atoms with E-state index in [-0.39, 0.29) is 0 Å². The number of thioether (sulfide) groups is 1. The number of hydrogen-bond donors (Lipinski definition) is 1. The van der Waals surface area contributed by atoms with Crippen molar-refractivity contribution in [3.05, 3.63) is 22.9 Å². The van der Waals surface area contributed by atoms with Gasteiger partial charge in [0, 0.05) is 21.8 Å². The first-order valence-electron chi connectivity index (χ1n) is 5.01. The van der Waals surface area contributed by atoms with E-state index in [2.05, 4.69) is 20.9 Å². The molecule has 0 aliphatic carbocycles. The van der Waals surface area contributed by atoms with Crippen molar-refractivity contribution in [3.63, 3.8) is 0 Å². The molecule has 1 heterocycles. The van der Waals surface area contributed by atoms with Crippen molar-refractivity contribution >= 4 is 33.7 Å². The highest BCUT2D eigenvalue weighted by molar-refractivity contribution is 9.10. The summed E-state index contributed by atoms with van der Waals surface area (Å²) in [5.41, 5.74) is 0. The van der Waals surface area contributed by atoms with Gasteiger partial charge in [0.1, 0.15) is 4.75 Å². The van der Waals surface area contributed by atoms with Gasteiger partial charge in [-0.1, -0.05) is 13.3 Å². The summed E-state index contributed by atoms with van der Waals surface area (Å²) >= 11 is 4.74. The molecule has 1 N–H and O–H groups in total. The Bertz CT molecular complexity index is 386. The van der Waals surface area contributed by atoms with Gasteiger partial charge in [0.05, 0.1) is 0 Å². The van der Waals surface area contributed by atoms with E-state index in [1.807, 2.05) is 13.0 Å². The van der Waals surface area contributed by atoms with E-state index in [4.69, 9.17) is 0 Å². The highest BCUT2D eigenvalue weighted by Crippen LogP contribution is 2.39. The molecule has 88 valence electrons. The van der Waals surface area contributed by atoms with Crippen LogP contribution in [0.15, 0.2) is 27.8 Å². The SMILES string of the molecule is CCCC(C)(Sc1ccncc1Br)C(=O)O. The lowest BCUT2D eigenvalue weighted by Crippen LogP contribution is -2.31. The number of nitrogens with zero attached hydrogens (tertiary/aromatic N) is 1. The van der Waals surface area contributed by atoms with Gasteiger partial charge in [0.2, 0.25) is 0 Å². The Labute approximate surface area is 108 Å². The highest BCUT2D eigenvalue weighted by Gasteiger charge is 2.33. The van der Waals surface area contributed by atoms with Crippen LogP contribution in [-0.4, -0.2) is 20.8 Å². The molecule has 1 aromatic heterocycles. The van der Waals surface area contributed by atoms with Crippen molar-refractivity contribution in [2.75, 3.05) is 0 Å². The molecule has 0 radical (unpaired) electrons. The van der Waals surface area contributed by atoms with E-state index >= 15 is 0 Å². The molecule has 0 spiro atoms. The number of halogens is 1. The first kappa shape index (κ1) is 13.5. The molecule has 0 aliphatic rings. The van der Waals surface area contributed by atoms with Crippen LogP contribution in [0.4, 0.5) is 0 Å². The fourth-order valence-corrected chi connectivity index (χ4v) is 3.02. The molecule has 1 unspecified atom stereocenters. The minimum absolute atomic E-state index is 0.641. The largest absolute Gasteiger partial charge is 0.480 e. The third-order valence-electron chi connectivity index (χ3n) is 2.25. The van der Waals surface area contributed by atoms with E-state index in [1.54, 1.807) is 19.3 Å². The quantitative estimate of drug-likeness (QED) is 0.845. The van der Waals surface area contributed by atoms with Gasteiger partial charge in [-0.15, -0.1) is 11.8 Å². The Kier molecular flexibility index (Phi) is 4.80. The summed E-state index contributed by atoms with van der Waals surface area (Å²) in [6, 6.07) is 1.82. The van der Waals surface area contributed by atoms with E-state index < -0.39 is 10.7 Å². The number of rotatable bonds is 5. The average Bonchev–Trinajstić information content (AvgIpc) is 2.21. The smallest absolute Gasteiger partial charge is 0.319 e. The highest BCUT2D eigenvalue weighted by atomic mass is 79.9. The number of carboxylic acid groups (broad SMARTS) is 1. The molecule has 3 nitrogen and oxygen atoms in total. The van der Waals surface area contributed by atoms with Gasteiger partial charge in [-0.2, -0.15) is 0 Å². The summed E-state index contributed by atoms with van der Waals surface area (Å²) in [5, 5.41) is 9.26. The third kappa shape index (κ3) is 3.22. The molecule has 1 atom stereocenters. The predicted octanol–water partition coefficient (Wildman–Crippen LogP) is 3.58. The standard InChI is InChI=1S/C11H14BrNO2S/c1-3-5-11(2,10(14)15)16-9-4-6-13-7-8(9)12/h4,6-7H,3,5H2,1-2H3,(H,14,15). The lowest BCUT2D eigenvalue weighted by molar-refractivity contribution is -0.139. The first-order valence-corrected chi connectivity index (χ1v) is 6.62. The minimum atomic E-state index is -0.779. The third-order valence-corrected chi connectivity index (χ3v) is 4.55. The Hall–Kier alpha value is -0.550. The summed E-state index contributed by atoms with van der Waals surface area (Å²) in [5.74, 6) is -0.775. The zero-order valence-electron chi connectivity index (χ0n) is 9.24. The van der Waals surface area contributed by atoms with Crippen LogP contribution < -0.4 is 0 Å². The maximum atomic E-state index is 11.3. The molecule has 0 saturated carbocycles. The van der Waals surface area contributed by atoms with Crippen molar-refractivity contribution in [1.29, 1.82) is 0 Å². The van der Waals surface area contributed by atoms with Crippen LogP contribution in [0.1, 0.15) is 26.7 Å². The Morgan fingerprint density at radius 1 is 1.69 bits per heavy atom. The molecule has 0 bridgehead atoms. The maximum Gasteiger partial charge on any atom is 0.319 e. The topological polar surface area (TPSA) is 50.2 Å². The van der Waals surface area contributed by atoms with Crippen LogP contribution in [-0.2, 0) is 4.79 Å². The molecule has 1 rings (SSSR count). The van der Waals surface area contributed by atoms with Gasteiger partial charge in [-0.3, -0.25) is 9.78 Å². The molecule has 0 amide bonds. The average molecular weight is 304 g/mol. The molecule has 0 aliphatic heterocycles. The fraction of sp³-hybridized carbons (Fsp3) is 0.455. The van der Waals surface area contributed by atoms with Crippen LogP contribution in [0.2, 0.25) is 0 Å². The summed E-state index contributed by atoms with van der Waals surface area (Å²) < 4.78 is 0.0575. The zero-order valence-corrected chi connectivity index (χ0v) is 11.6. The molecular formula is C11H14BrNO2S. The van der Waals surface area contributed by atoms with Crippen molar-refractivity contribution < 1.29 is 9.90 Å². The minimum Gasteiger partial charge on any atom is -0.480 e. The number of carbonyl (C=O) groups is 1. The normalized spacial score (nSPS) is 14.4. The molecule has 5 heteroatoms. The van der Waals surface area contributed by atoms with Crippen LogP contribution >= 0.6 is 27.7 Å². The van der Waals surface area contributed by atoms with Gasteiger partial charge in [-0.25, -0.2) is 0 Å². The molecule has 0 fully saturated rings. The van der Waals surface area contributed by atoms with Crippen molar-refractivity contribution in [2.24, 2.45) is 0 Å². The lowest BCUT2D eigenvalue weighted by Gasteiger charge is -2.23. The second kappa shape index (κ2) is 5.68. The second-order valence-corrected chi connectivity index (χ2v) is 6.09. The lowest BCUT2D eigenvalue weighted by atomic mass is 10.1.